The Bertz CT molecular complexity index is 163. The van der Waals surface area contributed by atoms with E-state index in [2.05, 4.69) is 11.9 Å². The zero-order valence-corrected chi connectivity index (χ0v) is 11.6. The van der Waals surface area contributed by atoms with E-state index in [9.17, 15) is 0 Å². The molecule has 0 heterocycles. The van der Waals surface area contributed by atoms with Gasteiger partial charge in [-0.3, -0.25) is 0 Å². The first-order chi connectivity index (χ1) is 7.68. The zero-order chi connectivity index (χ0) is 12.3. The minimum Gasteiger partial charge on any atom is -0.398 e. The van der Waals surface area contributed by atoms with Gasteiger partial charge in [-0.2, -0.15) is 0 Å². The Balaban J connectivity index is 3.61. The van der Waals surface area contributed by atoms with Gasteiger partial charge in [-0.15, -0.1) is 0 Å². The lowest BCUT2D eigenvalue weighted by Gasteiger charge is -2.25. The highest BCUT2D eigenvalue weighted by Gasteiger charge is 2.28. The lowest BCUT2D eigenvalue weighted by Crippen LogP contribution is -2.38. The van der Waals surface area contributed by atoms with Crippen LogP contribution in [0.4, 0.5) is 0 Å². The molecule has 0 aliphatic heterocycles. The molecule has 0 aromatic heterocycles. The smallest absolute Gasteiger partial charge is 0.334 e. The number of nitrogens with one attached hydrogen (secondary N) is 1. The molecule has 0 amide bonds. The summed E-state index contributed by atoms with van der Waals surface area (Å²) in [7, 11) is -0.210. The van der Waals surface area contributed by atoms with E-state index >= 15 is 0 Å². The van der Waals surface area contributed by atoms with Crippen molar-refractivity contribution < 1.29 is 8.85 Å². The Morgan fingerprint density at radius 3 is 2.44 bits per heavy atom. The van der Waals surface area contributed by atoms with Crippen molar-refractivity contribution in [3.63, 3.8) is 0 Å². The van der Waals surface area contributed by atoms with Crippen LogP contribution in [-0.4, -0.2) is 48.5 Å². The van der Waals surface area contributed by atoms with Crippen LogP contribution in [-0.2, 0) is 8.85 Å². The third-order valence-corrected chi connectivity index (χ3v) is 5.43. The first-order valence-corrected chi connectivity index (χ1v) is 8.51. The molecule has 0 fully saturated rings. The van der Waals surface area contributed by atoms with Crippen molar-refractivity contribution in [2.24, 2.45) is 11.5 Å². The summed E-state index contributed by atoms with van der Waals surface area (Å²) in [6.07, 6.45) is 1.97. The molecule has 6 heteroatoms. The van der Waals surface area contributed by atoms with Gasteiger partial charge in [0.25, 0.3) is 0 Å². The Morgan fingerprint density at radius 2 is 1.88 bits per heavy atom. The Labute approximate surface area is 100 Å². The second kappa shape index (κ2) is 10.2. The number of hydrogen-bond donors (Lipinski definition) is 3. The largest absolute Gasteiger partial charge is 0.398 e. The zero-order valence-electron chi connectivity index (χ0n) is 10.6. The van der Waals surface area contributed by atoms with Gasteiger partial charge in [0.1, 0.15) is 0 Å². The molecule has 0 rings (SSSR count). The molecule has 0 aliphatic rings. The van der Waals surface area contributed by atoms with Crippen LogP contribution in [0.1, 0.15) is 12.8 Å². The molecule has 98 valence electrons. The number of nitrogens with two attached hydrogens (primary N) is 2. The van der Waals surface area contributed by atoms with Gasteiger partial charge < -0.3 is 25.6 Å². The second-order valence-electron chi connectivity index (χ2n) is 3.97. The second-order valence-corrected chi connectivity index (χ2v) is 7.44. The quantitative estimate of drug-likeness (QED) is 0.355. The predicted molar refractivity (Wildman–Crippen MR) is 69.6 cm³/mol. The van der Waals surface area contributed by atoms with E-state index in [1.807, 2.05) is 0 Å². The van der Waals surface area contributed by atoms with Gasteiger partial charge in [0.2, 0.25) is 0 Å². The van der Waals surface area contributed by atoms with Gasteiger partial charge in [-0.1, -0.05) is 0 Å². The maximum atomic E-state index is 5.81. The van der Waals surface area contributed by atoms with Crippen LogP contribution >= 0.6 is 0 Å². The fraction of sp³-hybridized carbons (Fsp3) is 1.00. The molecule has 1 unspecified atom stereocenters. The van der Waals surface area contributed by atoms with Crippen LogP contribution in [0.2, 0.25) is 12.6 Å². The van der Waals surface area contributed by atoms with Crippen LogP contribution < -0.4 is 16.8 Å². The van der Waals surface area contributed by atoms with Gasteiger partial charge in [0.15, 0.2) is 0 Å². The van der Waals surface area contributed by atoms with Crippen molar-refractivity contribution in [1.29, 1.82) is 0 Å². The first kappa shape index (κ1) is 16.0. The Kier molecular flexibility index (Phi) is 10.2. The van der Waals surface area contributed by atoms with Crippen molar-refractivity contribution in [2.75, 3.05) is 39.9 Å². The van der Waals surface area contributed by atoms with Gasteiger partial charge in [-0.25, -0.2) is 0 Å². The summed E-state index contributed by atoms with van der Waals surface area (Å²) in [6, 6.07) is 1.01. The normalized spacial score (nSPS) is 15.0. The highest BCUT2D eigenvalue weighted by Crippen LogP contribution is 2.14. The molecule has 0 aliphatic carbocycles. The molecule has 0 radical (unpaired) electrons. The maximum absolute atomic E-state index is 5.81. The first-order valence-electron chi connectivity index (χ1n) is 5.98. The van der Waals surface area contributed by atoms with Crippen molar-refractivity contribution in [1.82, 2.24) is 5.32 Å². The molecule has 16 heavy (non-hydrogen) atoms. The molecule has 5 N–H and O–H groups in total. The van der Waals surface area contributed by atoms with E-state index in [0.717, 1.165) is 32.0 Å². The minimum atomic E-state index is -1.95. The number of rotatable bonds is 11. The monoisotopic (exact) mass is 249 g/mol. The minimum absolute atomic E-state index is 0.673. The lowest BCUT2D eigenvalue weighted by atomic mass is 10.5. The molecular formula is C10H27N3O2Si. The standard InChI is InChI=1S/C10H27N3O2Si/c1-14-16(2,15-9-3-5-11)10-4-7-13-8-6-12/h13H,3-12H2,1-2H3. The summed E-state index contributed by atoms with van der Waals surface area (Å²) in [4.78, 5) is 0. The molecule has 1 atom stereocenters. The van der Waals surface area contributed by atoms with Gasteiger partial charge >= 0.3 is 8.56 Å². The SMILES string of the molecule is CO[Si](C)(CCCNCCN)OCCCN. The van der Waals surface area contributed by atoms with Crippen LogP contribution in [0.3, 0.4) is 0 Å². The van der Waals surface area contributed by atoms with Crippen molar-refractivity contribution in [3.8, 4) is 0 Å². The average Bonchev–Trinajstić information content (AvgIpc) is 2.29. The summed E-state index contributed by atoms with van der Waals surface area (Å²) in [5, 5.41) is 3.27. The molecule has 5 nitrogen and oxygen atoms in total. The Morgan fingerprint density at radius 1 is 1.12 bits per heavy atom. The van der Waals surface area contributed by atoms with E-state index in [1.165, 1.54) is 0 Å². The van der Waals surface area contributed by atoms with E-state index in [-0.39, 0.29) is 0 Å². The summed E-state index contributed by atoms with van der Waals surface area (Å²) in [5.41, 5.74) is 10.8. The fourth-order valence-electron chi connectivity index (χ4n) is 1.37. The summed E-state index contributed by atoms with van der Waals surface area (Å²) >= 11 is 0. The van der Waals surface area contributed by atoms with E-state index in [4.69, 9.17) is 20.3 Å². The van der Waals surface area contributed by atoms with Crippen molar-refractivity contribution in [3.05, 3.63) is 0 Å². The predicted octanol–water partition coefficient (Wildman–Crippen LogP) is 0.00860. The third-order valence-electron chi connectivity index (χ3n) is 2.49. The van der Waals surface area contributed by atoms with Crippen LogP contribution in [0.5, 0.6) is 0 Å². The molecule has 0 aromatic rings. The lowest BCUT2D eigenvalue weighted by molar-refractivity contribution is 0.202. The van der Waals surface area contributed by atoms with Gasteiger partial charge in [0.05, 0.1) is 0 Å². The van der Waals surface area contributed by atoms with Crippen LogP contribution in [0, 0.1) is 0 Å². The molecule has 0 aromatic carbocycles. The summed E-state index contributed by atoms with van der Waals surface area (Å²) < 4.78 is 11.3. The van der Waals surface area contributed by atoms with E-state index in [1.54, 1.807) is 7.11 Å². The average molecular weight is 249 g/mol. The van der Waals surface area contributed by atoms with Crippen LogP contribution in [0.25, 0.3) is 0 Å². The van der Waals surface area contributed by atoms with Crippen LogP contribution in [0.15, 0.2) is 0 Å². The highest BCUT2D eigenvalue weighted by molar-refractivity contribution is 6.65. The molecular weight excluding hydrogens is 222 g/mol. The van der Waals surface area contributed by atoms with Crippen molar-refractivity contribution in [2.45, 2.75) is 25.4 Å². The molecule has 0 bridgehead atoms. The van der Waals surface area contributed by atoms with Gasteiger partial charge in [-0.05, 0) is 38.5 Å². The molecule has 0 spiro atoms. The topological polar surface area (TPSA) is 82.5 Å². The van der Waals surface area contributed by atoms with Crippen molar-refractivity contribution >= 4 is 8.56 Å². The van der Waals surface area contributed by atoms with E-state index in [0.29, 0.717) is 19.7 Å². The summed E-state index contributed by atoms with van der Waals surface area (Å²) in [5.74, 6) is 0. The number of hydrogen-bond acceptors (Lipinski definition) is 5. The summed E-state index contributed by atoms with van der Waals surface area (Å²) in [6.45, 7) is 6.02. The van der Waals surface area contributed by atoms with E-state index < -0.39 is 8.56 Å². The molecule has 0 saturated carbocycles. The van der Waals surface area contributed by atoms with Gasteiger partial charge in [0, 0.05) is 26.8 Å². The fourth-order valence-corrected chi connectivity index (χ4v) is 3.23. The Hall–Kier alpha value is 0.0169. The molecule has 0 saturated heterocycles. The third kappa shape index (κ3) is 8.20. The maximum Gasteiger partial charge on any atom is 0.334 e. The highest BCUT2D eigenvalue weighted by atomic mass is 28.4.